The Morgan fingerprint density at radius 2 is 2.00 bits per heavy atom. The lowest BCUT2D eigenvalue weighted by Gasteiger charge is -2.10. The first-order valence-electron chi connectivity index (χ1n) is 6.93. The Balaban J connectivity index is 2.10. The molecule has 3 aromatic rings. The van der Waals surface area contributed by atoms with E-state index in [1.165, 1.54) is 0 Å². The van der Waals surface area contributed by atoms with Crippen LogP contribution in [0.1, 0.15) is 5.69 Å². The van der Waals surface area contributed by atoms with Gasteiger partial charge in [0.2, 0.25) is 5.95 Å². The summed E-state index contributed by atoms with van der Waals surface area (Å²) >= 11 is 1.58. The van der Waals surface area contributed by atoms with Crippen LogP contribution in [0.5, 0.6) is 0 Å². The molecule has 0 saturated carbocycles. The molecule has 2 heterocycles. The first kappa shape index (κ1) is 14.6. The van der Waals surface area contributed by atoms with E-state index in [0.717, 1.165) is 27.9 Å². The molecule has 5 nitrogen and oxygen atoms in total. The molecule has 1 aromatic carbocycles. The molecule has 0 aliphatic heterocycles. The molecule has 0 atom stereocenters. The first-order chi connectivity index (χ1) is 10.7. The summed E-state index contributed by atoms with van der Waals surface area (Å²) in [5, 5.41) is 3.87. The number of pyridine rings is 1. The molecule has 0 radical (unpaired) electrons. The highest BCUT2D eigenvalue weighted by Gasteiger charge is 2.08. The number of hydrogen-bond acceptors (Lipinski definition) is 6. The summed E-state index contributed by atoms with van der Waals surface area (Å²) in [6.07, 6.45) is 3.81. The van der Waals surface area contributed by atoms with Gasteiger partial charge in [0, 0.05) is 41.8 Å². The van der Waals surface area contributed by atoms with Gasteiger partial charge in [-0.2, -0.15) is 4.98 Å². The van der Waals surface area contributed by atoms with Gasteiger partial charge >= 0.3 is 0 Å². The number of aryl methyl sites for hydroxylation is 1. The molecule has 0 unspecified atom stereocenters. The quantitative estimate of drug-likeness (QED) is 0.716. The molecule has 2 aromatic heterocycles. The Morgan fingerprint density at radius 1 is 1.14 bits per heavy atom. The molecule has 0 aliphatic rings. The zero-order valence-electron chi connectivity index (χ0n) is 12.7. The van der Waals surface area contributed by atoms with Gasteiger partial charge in [-0.05, 0) is 30.7 Å². The molecular weight excluding hydrogens is 294 g/mol. The largest absolute Gasteiger partial charge is 0.357 e. The maximum Gasteiger partial charge on any atom is 0.224 e. The van der Waals surface area contributed by atoms with Crippen molar-refractivity contribution in [3.63, 3.8) is 0 Å². The average Bonchev–Trinajstić information content (AvgIpc) is 2.54. The second-order valence-electron chi connectivity index (χ2n) is 4.86. The van der Waals surface area contributed by atoms with Crippen LogP contribution in [0.25, 0.3) is 22.2 Å². The normalized spacial score (nSPS) is 10.7. The van der Waals surface area contributed by atoms with Gasteiger partial charge in [0.15, 0.2) is 5.65 Å². The van der Waals surface area contributed by atoms with Gasteiger partial charge in [-0.25, -0.2) is 9.97 Å². The maximum absolute atomic E-state index is 4.62. The van der Waals surface area contributed by atoms with Crippen LogP contribution in [0.4, 0.5) is 11.6 Å². The lowest BCUT2D eigenvalue weighted by Crippen LogP contribution is -1.98. The van der Waals surface area contributed by atoms with Gasteiger partial charge in [0.1, 0.15) is 0 Å². The van der Waals surface area contributed by atoms with Crippen LogP contribution in [0.2, 0.25) is 0 Å². The van der Waals surface area contributed by atoms with Gasteiger partial charge in [0.05, 0.1) is 0 Å². The summed E-state index contributed by atoms with van der Waals surface area (Å²) in [5.41, 5.74) is 4.96. The molecule has 0 saturated heterocycles. The summed E-state index contributed by atoms with van der Waals surface area (Å²) in [7, 11) is 1.80. The molecule has 0 bridgehead atoms. The van der Waals surface area contributed by atoms with Crippen molar-refractivity contribution >= 4 is 34.6 Å². The van der Waals surface area contributed by atoms with Crippen molar-refractivity contribution in [2.75, 3.05) is 23.3 Å². The van der Waals surface area contributed by atoms with Gasteiger partial charge in [0.25, 0.3) is 0 Å². The van der Waals surface area contributed by atoms with Gasteiger partial charge in [-0.15, -0.1) is 0 Å². The molecule has 112 valence electrons. The van der Waals surface area contributed by atoms with Gasteiger partial charge in [-0.1, -0.05) is 24.1 Å². The van der Waals surface area contributed by atoms with Crippen LogP contribution in [0.3, 0.4) is 0 Å². The van der Waals surface area contributed by atoms with Crippen LogP contribution in [0, 0.1) is 6.92 Å². The van der Waals surface area contributed by atoms with E-state index >= 15 is 0 Å². The van der Waals surface area contributed by atoms with Crippen molar-refractivity contribution in [1.29, 1.82) is 0 Å². The van der Waals surface area contributed by atoms with Crippen LogP contribution in [0.15, 0.2) is 36.5 Å². The number of fused-ring (bicyclic) bond motifs is 1. The highest BCUT2D eigenvalue weighted by atomic mass is 32.2. The van der Waals surface area contributed by atoms with Gasteiger partial charge in [-0.3, -0.25) is 0 Å². The molecule has 0 aliphatic carbocycles. The number of rotatable bonds is 4. The fraction of sp³-hybridized carbons (Fsp3) is 0.188. The first-order valence-corrected chi connectivity index (χ1v) is 8.15. The summed E-state index contributed by atoms with van der Waals surface area (Å²) < 4.78 is 3.25. The van der Waals surface area contributed by atoms with Crippen LogP contribution >= 0.6 is 11.9 Å². The third-order valence-electron chi connectivity index (χ3n) is 3.38. The fourth-order valence-electron chi connectivity index (χ4n) is 2.33. The van der Waals surface area contributed by atoms with Crippen molar-refractivity contribution in [3.8, 4) is 11.1 Å². The predicted octanol–water partition coefficient (Wildman–Crippen LogP) is 3.73. The van der Waals surface area contributed by atoms with Crippen LogP contribution in [-0.2, 0) is 0 Å². The highest BCUT2D eigenvalue weighted by Crippen LogP contribution is 2.28. The van der Waals surface area contributed by atoms with E-state index in [9.17, 15) is 0 Å². The monoisotopic (exact) mass is 311 g/mol. The number of anilines is 2. The van der Waals surface area contributed by atoms with E-state index in [0.29, 0.717) is 11.6 Å². The van der Waals surface area contributed by atoms with Crippen molar-refractivity contribution in [3.05, 3.63) is 42.2 Å². The SMILES string of the molecule is CNc1ncc2cc(-c3cccc(NSC)c3)c(C)nc2n1. The summed E-state index contributed by atoms with van der Waals surface area (Å²) in [5.74, 6) is 0.582. The fourth-order valence-corrected chi connectivity index (χ4v) is 2.70. The topological polar surface area (TPSA) is 62.7 Å². The minimum Gasteiger partial charge on any atom is -0.357 e. The third-order valence-corrected chi connectivity index (χ3v) is 3.82. The van der Waals surface area contributed by atoms with Gasteiger partial charge < -0.3 is 10.0 Å². The van der Waals surface area contributed by atoms with E-state index in [-0.39, 0.29) is 0 Å². The standard InChI is InChI=1S/C16H17N5S/c1-10-14(11-5-4-6-13(7-11)21-22-3)8-12-9-18-16(17-2)20-15(12)19-10/h4-9,21H,1-3H3,(H,17,18,19,20). The molecule has 2 N–H and O–H groups in total. The lowest BCUT2D eigenvalue weighted by molar-refractivity contribution is 1.14. The maximum atomic E-state index is 4.62. The molecule has 6 heteroatoms. The van der Waals surface area contributed by atoms with E-state index in [1.807, 2.05) is 25.3 Å². The Kier molecular flexibility index (Phi) is 4.11. The van der Waals surface area contributed by atoms with E-state index < -0.39 is 0 Å². The Bertz CT molecular complexity index is 819. The Morgan fingerprint density at radius 3 is 2.77 bits per heavy atom. The highest BCUT2D eigenvalue weighted by molar-refractivity contribution is 7.99. The lowest BCUT2D eigenvalue weighted by atomic mass is 10.0. The number of benzene rings is 1. The second kappa shape index (κ2) is 6.19. The van der Waals surface area contributed by atoms with E-state index in [2.05, 4.69) is 43.2 Å². The zero-order chi connectivity index (χ0) is 15.5. The molecule has 0 spiro atoms. The summed E-state index contributed by atoms with van der Waals surface area (Å²) in [6, 6.07) is 10.4. The van der Waals surface area contributed by atoms with Crippen molar-refractivity contribution in [1.82, 2.24) is 15.0 Å². The van der Waals surface area contributed by atoms with Crippen LogP contribution in [-0.4, -0.2) is 28.3 Å². The minimum absolute atomic E-state index is 0.582. The molecule has 22 heavy (non-hydrogen) atoms. The zero-order valence-corrected chi connectivity index (χ0v) is 13.5. The summed E-state index contributed by atoms with van der Waals surface area (Å²) in [4.78, 5) is 13.3. The van der Waals surface area contributed by atoms with Crippen molar-refractivity contribution in [2.45, 2.75) is 6.92 Å². The predicted molar refractivity (Wildman–Crippen MR) is 94.2 cm³/mol. The Labute approximate surface area is 133 Å². The second-order valence-corrected chi connectivity index (χ2v) is 5.48. The number of nitrogens with one attached hydrogen (secondary N) is 2. The van der Waals surface area contributed by atoms with E-state index in [4.69, 9.17) is 0 Å². The van der Waals surface area contributed by atoms with E-state index in [1.54, 1.807) is 25.2 Å². The smallest absolute Gasteiger partial charge is 0.224 e. The summed E-state index contributed by atoms with van der Waals surface area (Å²) in [6.45, 7) is 2.00. The molecule has 3 rings (SSSR count). The van der Waals surface area contributed by atoms with Crippen LogP contribution < -0.4 is 10.0 Å². The number of aromatic nitrogens is 3. The Hall–Kier alpha value is -2.34. The van der Waals surface area contributed by atoms with Crippen molar-refractivity contribution < 1.29 is 0 Å². The van der Waals surface area contributed by atoms with Crippen molar-refractivity contribution in [2.24, 2.45) is 0 Å². The molecular formula is C16H17N5S. The number of nitrogens with zero attached hydrogens (tertiary/aromatic N) is 3. The minimum atomic E-state index is 0.582. The molecule has 0 amide bonds. The molecule has 0 fully saturated rings. The third kappa shape index (κ3) is 2.82. The average molecular weight is 311 g/mol. The number of hydrogen-bond donors (Lipinski definition) is 2.